The molecule has 0 aromatic heterocycles. The maximum Gasteiger partial charge on any atom is 0.155 e. The van der Waals surface area contributed by atoms with Crippen LogP contribution in [0.25, 0.3) is 0 Å². The molecule has 5 aliphatic rings. The fourth-order valence-corrected chi connectivity index (χ4v) is 7.53. The van der Waals surface area contributed by atoms with E-state index < -0.39 is 0 Å². The van der Waals surface area contributed by atoms with Gasteiger partial charge in [0, 0.05) is 23.8 Å². The van der Waals surface area contributed by atoms with Gasteiger partial charge in [0.2, 0.25) is 0 Å². The quantitative estimate of drug-likeness (QED) is 0.570. The van der Waals surface area contributed by atoms with Gasteiger partial charge in [-0.05, 0) is 77.3 Å². The molecular formula is C24H35NO2. The molecule has 0 bridgehead atoms. The van der Waals surface area contributed by atoms with Crippen LogP contribution in [0.15, 0.2) is 23.3 Å². The molecular weight excluding hydrogens is 334 g/mol. The van der Waals surface area contributed by atoms with Crippen molar-refractivity contribution in [2.24, 2.45) is 22.7 Å². The smallest absolute Gasteiger partial charge is 0.155 e. The van der Waals surface area contributed by atoms with Gasteiger partial charge in [0.05, 0.1) is 5.60 Å². The Morgan fingerprint density at radius 1 is 1.11 bits per heavy atom. The van der Waals surface area contributed by atoms with Crippen LogP contribution in [0.5, 0.6) is 0 Å². The highest BCUT2D eigenvalue weighted by Crippen LogP contribution is 2.67. The third-order valence-corrected chi connectivity index (χ3v) is 9.48. The molecule has 3 fully saturated rings. The van der Waals surface area contributed by atoms with Crippen molar-refractivity contribution in [3.05, 3.63) is 23.3 Å². The second-order valence-electron chi connectivity index (χ2n) is 10.9. The van der Waals surface area contributed by atoms with Crippen LogP contribution >= 0.6 is 0 Å². The monoisotopic (exact) mass is 369 g/mol. The van der Waals surface area contributed by atoms with Crippen molar-refractivity contribution >= 4 is 5.78 Å². The van der Waals surface area contributed by atoms with Crippen molar-refractivity contribution in [2.75, 3.05) is 13.6 Å². The third kappa shape index (κ3) is 2.19. The molecule has 0 N–H and O–H groups in total. The normalized spacial score (nSPS) is 48.7. The van der Waals surface area contributed by atoms with E-state index in [-0.39, 0.29) is 22.2 Å². The lowest BCUT2D eigenvalue weighted by Gasteiger charge is -2.55. The summed E-state index contributed by atoms with van der Waals surface area (Å²) in [5.41, 5.74) is 3.27. The van der Waals surface area contributed by atoms with Gasteiger partial charge in [-0.3, -0.25) is 9.69 Å². The van der Waals surface area contributed by atoms with Crippen LogP contribution in [0.2, 0.25) is 0 Å². The van der Waals surface area contributed by atoms with Crippen molar-refractivity contribution in [2.45, 2.75) is 84.0 Å². The molecule has 1 heterocycles. The van der Waals surface area contributed by atoms with Gasteiger partial charge in [0.15, 0.2) is 5.78 Å². The minimum absolute atomic E-state index is 0.00248. The molecule has 27 heavy (non-hydrogen) atoms. The lowest BCUT2D eigenvalue weighted by Crippen LogP contribution is -2.52. The number of nitrogens with zero attached hydrogens (tertiary/aromatic N) is 1. The second-order valence-corrected chi connectivity index (χ2v) is 10.9. The van der Waals surface area contributed by atoms with E-state index in [1.165, 1.54) is 24.8 Å². The zero-order valence-electron chi connectivity index (χ0n) is 17.7. The van der Waals surface area contributed by atoms with Crippen molar-refractivity contribution in [1.82, 2.24) is 4.90 Å². The maximum atomic E-state index is 12.0. The Balaban J connectivity index is 1.54. The molecule has 5 atom stereocenters. The molecule has 2 saturated carbocycles. The molecule has 148 valence electrons. The molecule has 3 heteroatoms. The Bertz CT molecular complexity index is 764. The molecule has 0 aromatic rings. The Labute approximate surface area is 164 Å². The molecule has 1 spiro atoms. The summed E-state index contributed by atoms with van der Waals surface area (Å²) in [6.45, 7) is 10.4. The summed E-state index contributed by atoms with van der Waals surface area (Å²) in [6, 6.07) is 0. The summed E-state index contributed by atoms with van der Waals surface area (Å²) >= 11 is 0. The third-order valence-electron chi connectivity index (χ3n) is 9.48. The van der Waals surface area contributed by atoms with E-state index in [0.717, 1.165) is 38.1 Å². The first-order valence-corrected chi connectivity index (χ1v) is 11.0. The van der Waals surface area contributed by atoms with Crippen molar-refractivity contribution < 1.29 is 9.53 Å². The van der Waals surface area contributed by atoms with Gasteiger partial charge in [-0.25, -0.2) is 0 Å². The van der Waals surface area contributed by atoms with Gasteiger partial charge in [0.25, 0.3) is 0 Å². The number of hydrogen-bond acceptors (Lipinski definition) is 3. The first-order valence-electron chi connectivity index (χ1n) is 11.0. The number of ketones is 1. The molecule has 4 unspecified atom stereocenters. The molecule has 1 saturated heterocycles. The SMILES string of the molecule is CN1C[C@@]2(CCC3C4CCC5=CC(=O)CCC5(C)C4=CCC32C)OC1(C)C. The molecule has 0 radical (unpaired) electrons. The van der Waals surface area contributed by atoms with E-state index >= 15 is 0 Å². The number of rotatable bonds is 0. The summed E-state index contributed by atoms with van der Waals surface area (Å²) in [5, 5.41) is 0. The Morgan fingerprint density at radius 2 is 1.89 bits per heavy atom. The summed E-state index contributed by atoms with van der Waals surface area (Å²) in [4.78, 5) is 14.4. The average molecular weight is 370 g/mol. The highest BCUT2D eigenvalue weighted by atomic mass is 16.6. The number of carbonyl (C=O) groups excluding carboxylic acids is 1. The van der Waals surface area contributed by atoms with Crippen LogP contribution in [-0.4, -0.2) is 35.6 Å². The molecule has 3 nitrogen and oxygen atoms in total. The van der Waals surface area contributed by atoms with Crippen molar-refractivity contribution in [3.8, 4) is 0 Å². The number of carbonyl (C=O) groups is 1. The van der Waals surface area contributed by atoms with Crippen LogP contribution in [0.1, 0.15) is 72.6 Å². The largest absolute Gasteiger partial charge is 0.353 e. The van der Waals surface area contributed by atoms with E-state index in [4.69, 9.17) is 4.74 Å². The predicted molar refractivity (Wildman–Crippen MR) is 107 cm³/mol. The van der Waals surface area contributed by atoms with E-state index in [2.05, 4.69) is 45.7 Å². The number of hydrogen-bond donors (Lipinski definition) is 0. The highest BCUT2D eigenvalue weighted by Gasteiger charge is 2.66. The van der Waals surface area contributed by atoms with Crippen LogP contribution in [0, 0.1) is 22.7 Å². The Kier molecular flexibility index (Phi) is 3.60. The van der Waals surface area contributed by atoms with E-state index in [1.54, 1.807) is 5.57 Å². The second kappa shape index (κ2) is 5.36. The zero-order chi connectivity index (χ0) is 19.2. The Morgan fingerprint density at radius 3 is 2.59 bits per heavy atom. The lowest BCUT2D eigenvalue weighted by atomic mass is 9.50. The van der Waals surface area contributed by atoms with Gasteiger partial charge in [0.1, 0.15) is 5.72 Å². The lowest BCUT2D eigenvalue weighted by molar-refractivity contribution is -0.160. The maximum absolute atomic E-state index is 12.0. The van der Waals surface area contributed by atoms with Crippen LogP contribution in [0.3, 0.4) is 0 Å². The number of ether oxygens (including phenoxy) is 1. The van der Waals surface area contributed by atoms with Gasteiger partial charge < -0.3 is 4.74 Å². The highest BCUT2D eigenvalue weighted by molar-refractivity contribution is 5.92. The molecule has 1 aliphatic heterocycles. The Hall–Kier alpha value is -0.930. The molecule has 4 aliphatic carbocycles. The topological polar surface area (TPSA) is 29.5 Å². The fourth-order valence-electron chi connectivity index (χ4n) is 7.53. The zero-order valence-corrected chi connectivity index (χ0v) is 17.7. The minimum Gasteiger partial charge on any atom is -0.353 e. The standard InChI is InChI=1S/C24H35NO2/c1-21(2)25(5)15-24(27-21)13-10-20-18-7-6-16-14-17(26)8-11-22(16,3)19(18)9-12-23(20,24)4/h9,14,18,20H,6-8,10-13,15H2,1-5H3/t18?,20?,22?,23?,24-/m1/s1. The number of allylic oxidation sites excluding steroid dienone is 4. The molecule has 0 aromatic carbocycles. The van der Waals surface area contributed by atoms with Gasteiger partial charge in [-0.1, -0.05) is 31.1 Å². The molecule has 5 rings (SSSR count). The number of likely N-dealkylation sites (N-methyl/N-ethyl adjacent to an activating group) is 1. The summed E-state index contributed by atoms with van der Waals surface area (Å²) in [7, 11) is 2.22. The fraction of sp³-hybridized carbons (Fsp3) is 0.792. The summed E-state index contributed by atoms with van der Waals surface area (Å²) in [5.74, 6) is 1.73. The van der Waals surface area contributed by atoms with Crippen LogP contribution in [0.4, 0.5) is 0 Å². The van der Waals surface area contributed by atoms with Gasteiger partial charge in [-0.15, -0.1) is 0 Å². The van der Waals surface area contributed by atoms with Crippen LogP contribution in [-0.2, 0) is 9.53 Å². The van der Waals surface area contributed by atoms with Gasteiger partial charge >= 0.3 is 0 Å². The van der Waals surface area contributed by atoms with E-state index in [0.29, 0.717) is 11.7 Å². The average Bonchev–Trinajstić information content (AvgIpc) is 3.01. The summed E-state index contributed by atoms with van der Waals surface area (Å²) < 4.78 is 6.85. The van der Waals surface area contributed by atoms with E-state index in [9.17, 15) is 4.79 Å². The van der Waals surface area contributed by atoms with Crippen molar-refractivity contribution in [1.29, 1.82) is 0 Å². The predicted octanol–water partition coefficient (Wildman–Crippen LogP) is 4.88. The van der Waals surface area contributed by atoms with Crippen LogP contribution < -0.4 is 0 Å². The minimum atomic E-state index is -0.167. The summed E-state index contributed by atoms with van der Waals surface area (Å²) in [6.07, 6.45) is 12.2. The van der Waals surface area contributed by atoms with E-state index in [1.807, 2.05) is 6.08 Å². The first kappa shape index (κ1) is 18.1. The first-order chi connectivity index (χ1) is 12.6. The molecule has 0 amide bonds. The number of fused-ring (bicyclic) bond motifs is 6. The van der Waals surface area contributed by atoms with Gasteiger partial charge in [-0.2, -0.15) is 0 Å². The van der Waals surface area contributed by atoms with Crippen molar-refractivity contribution in [3.63, 3.8) is 0 Å².